The van der Waals surface area contributed by atoms with E-state index in [1.807, 2.05) is 41.3 Å². The Hall–Kier alpha value is -4.00. The van der Waals surface area contributed by atoms with Crippen molar-refractivity contribution in [3.05, 3.63) is 83.7 Å². The average molecular weight is 426 g/mol. The smallest absolute Gasteiger partial charge is 0.251 e. The number of benzene rings is 2. The highest BCUT2D eigenvalue weighted by molar-refractivity contribution is 6.01. The minimum atomic E-state index is -0.390. The second-order valence-electron chi connectivity index (χ2n) is 8.15. The second-order valence-corrected chi connectivity index (χ2v) is 8.15. The molecule has 1 fully saturated rings. The molecule has 1 saturated heterocycles. The Labute approximate surface area is 185 Å². The lowest BCUT2D eigenvalue weighted by atomic mass is 10.0. The largest absolute Gasteiger partial charge is 0.355 e. The maximum absolute atomic E-state index is 12.6. The van der Waals surface area contributed by atoms with Crippen LogP contribution in [0.4, 0.5) is 0 Å². The quantitative estimate of drug-likeness (QED) is 0.626. The van der Waals surface area contributed by atoms with Gasteiger partial charge < -0.3 is 10.2 Å². The van der Waals surface area contributed by atoms with Gasteiger partial charge in [-0.05, 0) is 41.1 Å². The number of hydrogen-bond donors (Lipinski definition) is 2. The van der Waals surface area contributed by atoms with Crippen LogP contribution < -0.4 is 10.6 Å². The molecule has 3 amide bonds. The third-order valence-corrected chi connectivity index (χ3v) is 6.11. The third kappa shape index (κ3) is 3.62. The molecule has 3 aromatic rings. The van der Waals surface area contributed by atoms with Crippen molar-refractivity contribution in [2.45, 2.75) is 32.0 Å². The number of amides is 3. The van der Waals surface area contributed by atoms with Gasteiger partial charge in [0.25, 0.3) is 5.91 Å². The summed E-state index contributed by atoms with van der Waals surface area (Å²) in [5.74, 6) is -0.637. The van der Waals surface area contributed by atoms with E-state index in [9.17, 15) is 14.4 Å². The van der Waals surface area contributed by atoms with Crippen LogP contribution in [-0.4, -0.2) is 33.6 Å². The monoisotopic (exact) mass is 426 g/mol. The molecule has 1 unspecified atom stereocenters. The maximum atomic E-state index is 12.6. The summed E-state index contributed by atoms with van der Waals surface area (Å²) in [5.41, 5.74) is 4.41. The molecule has 0 saturated carbocycles. The van der Waals surface area contributed by atoms with Crippen LogP contribution in [0.25, 0.3) is 16.5 Å². The first-order valence-corrected chi connectivity index (χ1v) is 10.5. The molecule has 2 aliphatic heterocycles. The number of rotatable bonds is 4. The lowest BCUT2D eigenvalue weighted by Gasteiger charge is -2.31. The Morgan fingerprint density at radius 1 is 1.16 bits per heavy atom. The fraction of sp³-hybridized carbons (Fsp3) is 0.200. The van der Waals surface area contributed by atoms with Crippen LogP contribution in [0.2, 0.25) is 0 Å². The topological polar surface area (TPSA) is 91.4 Å². The minimum Gasteiger partial charge on any atom is -0.355 e. The predicted octanol–water partition coefficient (Wildman–Crippen LogP) is 2.76. The van der Waals surface area contributed by atoms with Gasteiger partial charge in [-0.25, -0.2) is 0 Å². The van der Waals surface area contributed by atoms with Crippen LogP contribution in [0.1, 0.15) is 39.9 Å². The summed E-state index contributed by atoms with van der Waals surface area (Å²) in [6.07, 6.45) is 4.30. The van der Waals surface area contributed by atoms with Crippen molar-refractivity contribution < 1.29 is 14.4 Å². The molecule has 2 aromatic carbocycles. The van der Waals surface area contributed by atoms with Crippen LogP contribution in [0, 0.1) is 0 Å². The molecule has 32 heavy (non-hydrogen) atoms. The second kappa shape index (κ2) is 7.92. The van der Waals surface area contributed by atoms with Crippen LogP contribution >= 0.6 is 0 Å². The predicted molar refractivity (Wildman–Crippen MR) is 120 cm³/mol. The first kappa shape index (κ1) is 19.9. The lowest BCUT2D eigenvalue weighted by molar-refractivity contribution is -0.136. The number of fused-ring (bicyclic) bond motifs is 2. The number of piperidine rings is 1. The van der Waals surface area contributed by atoms with E-state index >= 15 is 0 Å². The molecule has 1 aromatic heterocycles. The standard InChI is InChI=1S/C25H22N4O3/c1-15-21-5-2-16(10-20(21)14-29(15)22-6-7-23(30)28-25(22)32)12-27-24(31)18-3-4-19-13-26-9-8-17(19)11-18/h2-5,8-11,13,22H,1,6-7,12,14H2,(H,27,31)(H,28,30,32). The van der Waals surface area contributed by atoms with Gasteiger partial charge in [-0.15, -0.1) is 0 Å². The summed E-state index contributed by atoms with van der Waals surface area (Å²) in [6.45, 7) is 5.11. The van der Waals surface area contributed by atoms with E-state index in [-0.39, 0.29) is 23.8 Å². The first-order valence-electron chi connectivity index (χ1n) is 10.5. The highest BCUT2D eigenvalue weighted by atomic mass is 16.2. The van der Waals surface area contributed by atoms with Gasteiger partial charge in [0.2, 0.25) is 11.8 Å². The number of carbonyl (C=O) groups excluding carboxylic acids is 3. The van der Waals surface area contributed by atoms with E-state index in [4.69, 9.17) is 0 Å². The Morgan fingerprint density at radius 2 is 2.03 bits per heavy atom. The maximum Gasteiger partial charge on any atom is 0.251 e. The molecule has 0 spiro atoms. The molecule has 7 heteroatoms. The summed E-state index contributed by atoms with van der Waals surface area (Å²) in [7, 11) is 0. The van der Waals surface area contributed by atoms with Crippen molar-refractivity contribution in [3.63, 3.8) is 0 Å². The SMILES string of the molecule is C=C1c2ccc(CNC(=O)c3ccc4cnccc4c3)cc2CN1C1CCC(=O)NC1=O. The van der Waals surface area contributed by atoms with Crippen LogP contribution in [0.3, 0.4) is 0 Å². The summed E-state index contributed by atoms with van der Waals surface area (Å²) < 4.78 is 0. The number of aromatic nitrogens is 1. The number of nitrogens with zero attached hydrogens (tertiary/aromatic N) is 2. The van der Waals surface area contributed by atoms with E-state index in [0.717, 1.165) is 33.2 Å². The third-order valence-electron chi connectivity index (χ3n) is 6.11. The van der Waals surface area contributed by atoms with Gasteiger partial charge in [-0.3, -0.25) is 24.7 Å². The Kier molecular flexibility index (Phi) is 4.93. The first-order chi connectivity index (χ1) is 15.5. The van der Waals surface area contributed by atoms with Crippen molar-refractivity contribution in [1.82, 2.24) is 20.5 Å². The van der Waals surface area contributed by atoms with Gasteiger partial charge in [0.15, 0.2) is 0 Å². The average Bonchev–Trinajstić information content (AvgIpc) is 3.12. The number of carbonyl (C=O) groups is 3. The molecule has 5 rings (SSSR count). The molecule has 160 valence electrons. The molecule has 0 radical (unpaired) electrons. The van der Waals surface area contributed by atoms with Crippen molar-refractivity contribution in [3.8, 4) is 0 Å². The highest BCUT2D eigenvalue weighted by Gasteiger charge is 2.36. The summed E-state index contributed by atoms with van der Waals surface area (Å²) in [6, 6.07) is 13.0. The zero-order valence-corrected chi connectivity index (χ0v) is 17.4. The Bertz CT molecular complexity index is 1280. The van der Waals surface area contributed by atoms with Crippen LogP contribution in [-0.2, 0) is 22.7 Å². The zero-order chi connectivity index (χ0) is 22.2. The Morgan fingerprint density at radius 3 is 2.88 bits per heavy atom. The van der Waals surface area contributed by atoms with Gasteiger partial charge in [-0.1, -0.05) is 30.8 Å². The van der Waals surface area contributed by atoms with Crippen molar-refractivity contribution >= 4 is 34.2 Å². The fourth-order valence-electron chi connectivity index (χ4n) is 4.39. The number of nitrogens with one attached hydrogen (secondary N) is 2. The van der Waals surface area contributed by atoms with Crippen molar-refractivity contribution in [1.29, 1.82) is 0 Å². The van der Waals surface area contributed by atoms with E-state index in [1.54, 1.807) is 18.5 Å². The van der Waals surface area contributed by atoms with Gasteiger partial charge in [0.1, 0.15) is 6.04 Å². The molecule has 2 aliphatic rings. The van der Waals surface area contributed by atoms with Crippen molar-refractivity contribution in [2.75, 3.05) is 0 Å². The molecule has 3 heterocycles. The lowest BCUT2D eigenvalue weighted by Crippen LogP contribution is -2.50. The molecular weight excluding hydrogens is 404 g/mol. The number of hydrogen-bond acceptors (Lipinski definition) is 5. The molecule has 0 bridgehead atoms. The van der Waals surface area contributed by atoms with Crippen LogP contribution in [0.15, 0.2) is 61.4 Å². The van der Waals surface area contributed by atoms with E-state index < -0.39 is 0 Å². The molecule has 0 aliphatic carbocycles. The molecule has 7 nitrogen and oxygen atoms in total. The van der Waals surface area contributed by atoms with E-state index in [1.165, 1.54) is 0 Å². The zero-order valence-electron chi connectivity index (χ0n) is 17.4. The van der Waals surface area contributed by atoms with Crippen LogP contribution in [0.5, 0.6) is 0 Å². The summed E-state index contributed by atoms with van der Waals surface area (Å²) >= 11 is 0. The van der Waals surface area contributed by atoms with Gasteiger partial charge in [-0.2, -0.15) is 0 Å². The van der Waals surface area contributed by atoms with Gasteiger partial charge >= 0.3 is 0 Å². The van der Waals surface area contributed by atoms with E-state index in [0.29, 0.717) is 31.5 Å². The van der Waals surface area contributed by atoms with E-state index in [2.05, 4.69) is 22.2 Å². The summed E-state index contributed by atoms with van der Waals surface area (Å²) in [5, 5.41) is 7.35. The molecule has 2 N–H and O–H groups in total. The minimum absolute atomic E-state index is 0.140. The number of imide groups is 1. The highest BCUT2D eigenvalue weighted by Crippen LogP contribution is 2.35. The normalized spacial score (nSPS) is 17.9. The molecular formula is C25H22N4O3. The van der Waals surface area contributed by atoms with Gasteiger partial charge in [0.05, 0.1) is 0 Å². The summed E-state index contributed by atoms with van der Waals surface area (Å²) in [4.78, 5) is 42.4. The molecule has 1 atom stereocenters. The van der Waals surface area contributed by atoms with Gasteiger partial charge in [0, 0.05) is 54.1 Å². The number of pyridine rings is 1. The van der Waals surface area contributed by atoms with Crippen molar-refractivity contribution in [2.24, 2.45) is 0 Å². The Balaban J connectivity index is 1.27. The fourth-order valence-corrected chi connectivity index (χ4v) is 4.39.